The van der Waals surface area contributed by atoms with Crippen molar-refractivity contribution in [3.8, 4) is 0 Å². The van der Waals surface area contributed by atoms with Crippen LogP contribution in [-0.4, -0.2) is 32.3 Å². The van der Waals surface area contributed by atoms with Crippen LogP contribution in [0.5, 0.6) is 0 Å². The molecule has 21 heavy (non-hydrogen) atoms. The van der Waals surface area contributed by atoms with Crippen LogP contribution in [0.15, 0.2) is 0 Å². The SMILES string of the molecule is COP(=S)(OCCCCCCNC(=O)C(C)C)OC(C)C.[HH]. The molecule has 1 atom stereocenters. The normalized spacial score (nSPS) is 14.4. The molecule has 1 unspecified atom stereocenters. The van der Waals surface area contributed by atoms with Crippen LogP contribution in [0, 0.1) is 5.92 Å². The number of hydrogen-bond acceptors (Lipinski definition) is 5. The number of unbranched alkanes of at least 4 members (excludes halogenated alkanes) is 3. The van der Waals surface area contributed by atoms with E-state index in [2.05, 4.69) is 5.32 Å². The summed E-state index contributed by atoms with van der Waals surface area (Å²) in [6.45, 7) is 6.34. The van der Waals surface area contributed by atoms with Gasteiger partial charge in [-0.15, -0.1) is 0 Å². The van der Waals surface area contributed by atoms with Crippen LogP contribution >= 0.6 is 6.72 Å². The van der Waals surface area contributed by atoms with Gasteiger partial charge < -0.3 is 18.9 Å². The lowest BCUT2D eigenvalue weighted by molar-refractivity contribution is -0.123. The van der Waals surface area contributed by atoms with E-state index in [0.717, 1.165) is 32.2 Å². The van der Waals surface area contributed by atoms with E-state index in [-0.39, 0.29) is 19.4 Å². The third-order valence-electron chi connectivity index (χ3n) is 2.71. The minimum absolute atomic E-state index is 0. The number of hydrogen-bond donors (Lipinski definition) is 1. The Hall–Kier alpha value is -0.0000000000000000763. The highest BCUT2D eigenvalue weighted by Crippen LogP contribution is 2.50. The second kappa shape index (κ2) is 11.6. The van der Waals surface area contributed by atoms with Gasteiger partial charge in [-0.2, -0.15) is 0 Å². The molecule has 0 aromatic heterocycles. The van der Waals surface area contributed by atoms with Crippen molar-refractivity contribution in [2.24, 2.45) is 5.92 Å². The van der Waals surface area contributed by atoms with Gasteiger partial charge in [-0.05, 0) is 38.5 Å². The van der Waals surface area contributed by atoms with Crippen LogP contribution in [0.3, 0.4) is 0 Å². The standard InChI is InChI=1S/C14H30NO4PS.H2/c1-12(2)14(16)15-10-8-6-7-9-11-18-20(21,17-5)19-13(3)4;/h12-13H,6-11H2,1-5H3,(H,15,16);1H. The lowest BCUT2D eigenvalue weighted by Gasteiger charge is -2.21. The molecular weight excluding hydrogens is 309 g/mol. The molecule has 0 heterocycles. The van der Waals surface area contributed by atoms with Crippen LogP contribution in [0.25, 0.3) is 0 Å². The number of carbonyl (C=O) groups excluding carboxylic acids is 1. The fourth-order valence-corrected chi connectivity index (χ4v) is 3.42. The monoisotopic (exact) mass is 341 g/mol. The molecule has 0 aliphatic carbocycles. The third-order valence-corrected chi connectivity index (χ3v) is 5.36. The lowest BCUT2D eigenvalue weighted by atomic mass is 10.2. The molecule has 0 fully saturated rings. The van der Waals surface area contributed by atoms with Crippen molar-refractivity contribution in [2.45, 2.75) is 59.5 Å². The Bertz CT molecular complexity index is 343. The average molecular weight is 341 g/mol. The van der Waals surface area contributed by atoms with Crippen molar-refractivity contribution in [1.29, 1.82) is 0 Å². The van der Waals surface area contributed by atoms with Crippen LogP contribution in [-0.2, 0) is 30.2 Å². The van der Waals surface area contributed by atoms with E-state index in [0.29, 0.717) is 6.61 Å². The summed E-state index contributed by atoms with van der Waals surface area (Å²) in [4.78, 5) is 11.3. The molecule has 0 aliphatic rings. The minimum Gasteiger partial charge on any atom is -0.356 e. The molecule has 0 bridgehead atoms. The summed E-state index contributed by atoms with van der Waals surface area (Å²) in [6, 6.07) is 0. The Morgan fingerprint density at radius 1 is 1.19 bits per heavy atom. The summed E-state index contributed by atoms with van der Waals surface area (Å²) < 4.78 is 16.3. The van der Waals surface area contributed by atoms with Crippen LogP contribution in [0.2, 0.25) is 0 Å². The molecule has 5 nitrogen and oxygen atoms in total. The van der Waals surface area contributed by atoms with Crippen molar-refractivity contribution in [3.05, 3.63) is 0 Å². The highest BCUT2D eigenvalue weighted by Gasteiger charge is 2.20. The maximum atomic E-state index is 11.3. The lowest BCUT2D eigenvalue weighted by Crippen LogP contribution is -2.28. The van der Waals surface area contributed by atoms with E-state index in [4.69, 9.17) is 25.4 Å². The molecule has 1 amide bonds. The molecule has 0 saturated heterocycles. The zero-order valence-electron chi connectivity index (χ0n) is 13.9. The van der Waals surface area contributed by atoms with Gasteiger partial charge in [-0.1, -0.05) is 26.7 Å². The van der Waals surface area contributed by atoms with E-state index in [1.165, 1.54) is 7.11 Å². The highest BCUT2D eigenvalue weighted by molar-refractivity contribution is 8.07. The molecule has 0 spiro atoms. The summed E-state index contributed by atoms with van der Waals surface area (Å²) in [6.07, 6.45) is 4.00. The van der Waals surface area contributed by atoms with Gasteiger partial charge in [0.1, 0.15) is 0 Å². The van der Waals surface area contributed by atoms with Crippen LogP contribution < -0.4 is 5.32 Å². The summed E-state index contributed by atoms with van der Waals surface area (Å²) in [5.74, 6) is 0.169. The van der Waals surface area contributed by atoms with Crippen LogP contribution in [0.4, 0.5) is 0 Å². The molecular formula is C14H32NO4PS. The fourth-order valence-electron chi connectivity index (χ4n) is 1.56. The minimum atomic E-state index is -2.57. The fraction of sp³-hybridized carbons (Fsp3) is 0.929. The molecule has 0 saturated carbocycles. The predicted octanol–water partition coefficient (Wildman–Crippen LogP) is 3.88. The van der Waals surface area contributed by atoms with Crippen molar-refractivity contribution in [1.82, 2.24) is 5.32 Å². The Balaban J connectivity index is 0. The molecule has 128 valence electrons. The Morgan fingerprint density at radius 2 is 1.81 bits per heavy atom. The first-order valence-electron chi connectivity index (χ1n) is 7.57. The second-order valence-corrected chi connectivity index (χ2v) is 8.55. The summed E-state index contributed by atoms with van der Waals surface area (Å²) in [5, 5.41) is 2.91. The van der Waals surface area contributed by atoms with Gasteiger partial charge in [-0.25, -0.2) is 0 Å². The van der Waals surface area contributed by atoms with Crippen molar-refractivity contribution in [2.75, 3.05) is 20.3 Å². The Kier molecular flexibility index (Phi) is 11.6. The molecule has 0 aromatic rings. The zero-order valence-corrected chi connectivity index (χ0v) is 15.6. The maximum Gasteiger partial charge on any atom is 0.327 e. The van der Waals surface area contributed by atoms with Gasteiger partial charge in [0.15, 0.2) is 0 Å². The average Bonchev–Trinajstić information content (AvgIpc) is 2.40. The molecule has 0 radical (unpaired) electrons. The molecule has 0 rings (SSSR count). The molecule has 0 aromatic carbocycles. The van der Waals surface area contributed by atoms with Crippen molar-refractivity contribution < 1.29 is 19.8 Å². The first-order valence-corrected chi connectivity index (χ1v) is 10.1. The zero-order chi connectivity index (χ0) is 16.3. The third kappa shape index (κ3) is 11.2. The number of rotatable bonds is 12. The van der Waals surface area contributed by atoms with Gasteiger partial charge in [0.05, 0.1) is 12.7 Å². The molecule has 7 heteroatoms. The largest absolute Gasteiger partial charge is 0.356 e. The predicted molar refractivity (Wildman–Crippen MR) is 91.9 cm³/mol. The topological polar surface area (TPSA) is 56.8 Å². The number of carbonyl (C=O) groups is 1. The van der Waals surface area contributed by atoms with Crippen molar-refractivity contribution in [3.63, 3.8) is 0 Å². The smallest absolute Gasteiger partial charge is 0.327 e. The Morgan fingerprint density at radius 3 is 2.33 bits per heavy atom. The van der Waals surface area contributed by atoms with Gasteiger partial charge in [0.25, 0.3) is 0 Å². The van der Waals surface area contributed by atoms with Gasteiger partial charge in [0.2, 0.25) is 5.91 Å². The second-order valence-electron chi connectivity index (χ2n) is 5.48. The summed E-state index contributed by atoms with van der Waals surface area (Å²) in [5.41, 5.74) is 0. The summed E-state index contributed by atoms with van der Waals surface area (Å²) >= 11 is 5.25. The van der Waals surface area contributed by atoms with E-state index in [1.807, 2.05) is 27.7 Å². The van der Waals surface area contributed by atoms with E-state index in [9.17, 15) is 4.79 Å². The maximum absolute atomic E-state index is 11.3. The summed E-state index contributed by atoms with van der Waals surface area (Å²) in [7, 11) is 1.53. The molecule has 0 aliphatic heterocycles. The van der Waals surface area contributed by atoms with Gasteiger partial charge in [0, 0.05) is 21.0 Å². The highest BCUT2D eigenvalue weighted by atomic mass is 32.5. The number of amides is 1. The molecule has 1 N–H and O–H groups in total. The number of nitrogens with one attached hydrogen (secondary N) is 1. The van der Waals surface area contributed by atoms with Crippen LogP contribution in [0.1, 0.15) is 54.8 Å². The Labute approximate surface area is 135 Å². The van der Waals surface area contributed by atoms with Crippen molar-refractivity contribution >= 4 is 24.4 Å². The van der Waals surface area contributed by atoms with Gasteiger partial charge in [-0.3, -0.25) is 4.79 Å². The van der Waals surface area contributed by atoms with E-state index < -0.39 is 6.72 Å². The van der Waals surface area contributed by atoms with Gasteiger partial charge >= 0.3 is 6.72 Å². The first-order chi connectivity index (χ1) is 9.80. The quantitative estimate of drug-likeness (QED) is 0.431. The first kappa shape index (κ1) is 21.0. The van der Waals surface area contributed by atoms with E-state index >= 15 is 0 Å². The van der Waals surface area contributed by atoms with E-state index in [1.54, 1.807) is 0 Å².